The Morgan fingerprint density at radius 2 is 2.10 bits per heavy atom. The molecule has 5 heteroatoms. The normalized spacial score (nSPS) is 13.3. The number of terminal acetylenes is 1. The van der Waals surface area contributed by atoms with Crippen LogP contribution in [0.4, 0.5) is 10.5 Å². The zero-order chi connectivity index (χ0) is 15.2. The fourth-order valence-corrected chi connectivity index (χ4v) is 2.10. The summed E-state index contributed by atoms with van der Waals surface area (Å²) in [5, 5.41) is 11.7. The minimum Gasteiger partial charge on any atom is -0.481 e. The van der Waals surface area contributed by atoms with Crippen molar-refractivity contribution in [2.45, 2.75) is 19.3 Å². The van der Waals surface area contributed by atoms with Gasteiger partial charge in [0.2, 0.25) is 0 Å². The van der Waals surface area contributed by atoms with Crippen molar-refractivity contribution in [3.8, 4) is 12.3 Å². The van der Waals surface area contributed by atoms with Gasteiger partial charge in [-0.1, -0.05) is 24.1 Å². The van der Waals surface area contributed by atoms with E-state index in [-0.39, 0.29) is 19.0 Å². The molecule has 0 saturated heterocycles. The lowest BCUT2D eigenvalue weighted by molar-refractivity contribution is -0.136. The highest BCUT2D eigenvalue weighted by molar-refractivity contribution is 5.91. The first-order valence-corrected chi connectivity index (χ1v) is 6.89. The predicted molar refractivity (Wildman–Crippen MR) is 79.9 cm³/mol. The van der Waals surface area contributed by atoms with E-state index < -0.39 is 5.97 Å². The number of rotatable bonds is 6. The van der Waals surface area contributed by atoms with Crippen LogP contribution in [0.5, 0.6) is 0 Å². The van der Waals surface area contributed by atoms with Gasteiger partial charge in [0.15, 0.2) is 0 Å². The number of nitrogens with zero attached hydrogens (tertiary/aromatic N) is 1. The number of carbonyl (C=O) groups is 2. The summed E-state index contributed by atoms with van der Waals surface area (Å²) >= 11 is 0. The Labute approximate surface area is 124 Å². The molecule has 0 spiro atoms. The second-order valence-corrected chi connectivity index (χ2v) is 5.19. The van der Waals surface area contributed by atoms with Crippen molar-refractivity contribution >= 4 is 17.7 Å². The number of aliphatic carboxylic acids is 1. The molecule has 2 rings (SSSR count). The molecule has 0 aliphatic heterocycles. The monoisotopic (exact) mass is 286 g/mol. The molecule has 2 amide bonds. The fraction of sp³-hybridized carbons (Fsp3) is 0.375. The van der Waals surface area contributed by atoms with Gasteiger partial charge in [-0.15, -0.1) is 6.42 Å². The van der Waals surface area contributed by atoms with E-state index in [0.717, 1.165) is 12.8 Å². The molecule has 0 aromatic heterocycles. The number of anilines is 1. The van der Waals surface area contributed by atoms with Crippen LogP contribution in [-0.2, 0) is 11.2 Å². The molecular formula is C16H18N2O3. The number of carbonyl (C=O) groups excluding carboxylic acids is 1. The average Bonchev–Trinajstić information content (AvgIpc) is 3.24. The van der Waals surface area contributed by atoms with Crippen LogP contribution >= 0.6 is 0 Å². The number of para-hydroxylation sites is 1. The Morgan fingerprint density at radius 3 is 2.71 bits per heavy atom. The number of hydrogen-bond donors (Lipinski definition) is 2. The Balaban J connectivity index is 2.06. The standard InChI is InChI=1S/C16H18N2O3/c1-2-9-18(11-12-7-8-12)16(21)17-14-6-4-3-5-13(14)10-15(19)20/h1,3-6,12H,7-11H2,(H,17,21)(H,19,20). The van der Waals surface area contributed by atoms with Crippen molar-refractivity contribution < 1.29 is 14.7 Å². The first kappa shape index (κ1) is 14.9. The summed E-state index contributed by atoms with van der Waals surface area (Å²) < 4.78 is 0. The quantitative estimate of drug-likeness (QED) is 0.788. The Bertz CT molecular complexity index is 573. The molecular weight excluding hydrogens is 268 g/mol. The van der Waals surface area contributed by atoms with E-state index in [9.17, 15) is 9.59 Å². The SMILES string of the molecule is C#CCN(CC1CC1)C(=O)Nc1ccccc1CC(=O)O. The van der Waals surface area contributed by atoms with Crippen LogP contribution in [0.1, 0.15) is 18.4 Å². The highest BCUT2D eigenvalue weighted by atomic mass is 16.4. The van der Waals surface area contributed by atoms with Gasteiger partial charge >= 0.3 is 12.0 Å². The molecule has 0 unspecified atom stereocenters. The fourth-order valence-electron chi connectivity index (χ4n) is 2.10. The first-order chi connectivity index (χ1) is 10.1. The Morgan fingerprint density at radius 1 is 1.38 bits per heavy atom. The van der Waals surface area contributed by atoms with E-state index in [4.69, 9.17) is 11.5 Å². The molecule has 0 radical (unpaired) electrons. The average molecular weight is 286 g/mol. The highest BCUT2D eigenvalue weighted by Gasteiger charge is 2.26. The number of carboxylic acid groups (broad SMARTS) is 1. The number of hydrogen-bond acceptors (Lipinski definition) is 2. The molecule has 110 valence electrons. The van der Waals surface area contributed by atoms with Gasteiger partial charge in [0, 0.05) is 12.2 Å². The Hall–Kier alpha value is -2.48. The summed E-state index contributed by atoms with van der Waals surface area (Å²) in [7, 11) is 0. The second-order valence-electron chi connectivity index (χ2n) is 5.19. The van der Waals surface area contributed by atoms with Gasteiger partial charge in [-0.05, 0) is 30.4 Å². The van der Waals surface area contributed by atoms with Crippen LogP contribution < -0.4 is 5.32 Å². The summed E-state index contributed by atoms with van der Waals surface area (Å²) in [4.78, 5) is 24.7. The van der Waals surface area contributed by atoms with Crippen molar-refractivity contribution in [1.29, 1.82) is 0 Å². The van der Waals surface area contributed by atoms with Crippen LogP contribution in [-0.4, -0.2) is 35.1 Å². The van der Waals surface area contributed by atoms with E-state index in [0.29, 0.717) is 23.7 Å². The minimum atomic E-state index is -0.935. The van der Waals surface area contributed by atoms with E-state index in [1.165, 1.54) is 0 Å². The summed E-state index contributed by atoms with van der Waals surface area (Å²) in [5.74, 6) is 2.09. The summed E-state index contributed by atoms with van der Waals surface area (Å²) in [6.45, 7) is 0.903. The largest absolute Gasteiger partial charge is 0.481 e. The molecule has 0 atom stereocenters. The van der Waals surface area contributed by atoms with Crippen LogP contribution in [0.2, 0.25) is 0 Å². The van der Waals surface area contributed by atoms with E-state index in [1.807, 2.05) is 0 Å². The maximum absolute atomic E-state index is 12.3. The van der Waals surface area contributed by atoms with Crippen LogP contribution in [0.3, 0.4) is 0 Å². The lowest BCUT2D eigenvalue weighted by Gasteiger charge is -2.21. The number of nitrogens with one attached hydrogen (secondary N) is 1. The van der Waals surface area contributed by atoms with Gasteiger partial charge in [-0.25, -0.2) is 4.79 Å². The first-order valence-electron chi connectivity index (χ1n) is 6.89. The molecule has 5 nitrogen and oxygen atoms in total. The van der Waals surface area contributed by atoms with E-state index >= 15 is 0 Å². The molecule has 2 N–H and O–H groups in total. The van der Waals surface area contributed by atoms with Crippen molar-refractivity contribution in [2.75, 3.05) is 18.4 Å². The van der Waals surface area contributed by atoms with Crippen LogP contribution in [0.25, 0.3) is 0 Å². The van der Waals surface area contributed by atoms with Crippen molar-refractivity contribution in [2.24, 2.45) is 5.92 Å². The maximum Gasteiger partial charge on any atom is 0.322 e. The molecule has 0 bridgehead atoms. The third-order valence-electron chi connectivity index (χ3n) is 3.35. The minimum absolute atomic E-state index is 0.131. The van der Waals surface area contributed by atoms with Gasteiger partial charge in [0.05, 0.1) is 13.0 Å². The molecule has 1 aliphatic rings. The molecule has 21 heavy (non-hydrogen) atoms. The van der Waals surface area contributed by atoms with Gasteiger partial charge in [0.1, 0.15) is 0 Å². The molecule has 1 aromatic carbocycles. The number of amides is 2. The van der Waals surface area contributed by atoms with Gasteiger partial charge < -0.3 is 15.3 Å². The summed E-state index contributed by atoms with van der Waals surface area (Å²) in [6, 6.07) is 6.61. The third-order valence-corrected chi connectivity index (χ3v) is 3.35. The van der Waals surface area contributed by atoms with Gasteiger partial charge in [-0.3, -0.25) is 4.79 Å². The van der Waals surface area contributed by atoms with Gasteiger partial charge in [0.25, 0.3) is 0 Å². The van der Waals surface area contributed by atoms with Crippen LogP contribution in [0.15, 0.2) is 24.3 Å². The van der Waals surface area contributed by atoms with Crippen molar-refractivity contribution in [1.82, 2.24) is 4.90 Å². The molecule has 1 aliphatic carbocycles. The van der Waals surface area contributed by atoms with Gasteiger partial charge in [-0.2, -0.15) is 0 Å². The molecule has 1 saturated carbocycles. The highest BCUT2D eigenvalue weighted by Crippen LogP contribution is 2.29. The number of urea groups is 1. The zero-order valence-electron chi connectivity index (χ0n) is 11.7. The van der Waals surface area contributed by atoms with Crippen molar-refractivity contribution in [3.63, 3.8) is 0 Å². The summed E-state index contributed by atoms with van der Waals surface area (Å²) in [6.07, 6.45) is 7.43. The summed E-state index contributed by atoms with van der Waals surface area (Å²) in [5.41, 5.74) is 1.09. The van der Waals surface area contributed by atoms with Crippen LogP contribution in [0, 0.1) is 18.3 Å². The molecule has 0 heterocycles. The predicted octanol–water partition coefficient (Wildman–Crippen LogP) is 2.19. The van der Waals surface area contributed by atoms with Crippen molar-refractivity contribution in [3.05, 3.63) is 29.8 Å². The maximum atomic E-state index is 12.3. The molecule has 1 fully saturated rings. The topological polar surface area (TPSA) is 69.6 Å². The zero-order valence-corrected chi connectivity index (χ0v) is 11.7. The smallest absolute Gasteiger partial charge is 0.322 e. The Kier molecular flexibility index (Phi) is 4.83. The van der Waals surface area contributed by atoms with E-state index in [2.05, 4.69) is 11.2 Å². The third kappa shape index (κ3) is 4.53. The van der Waals surface area contributed by atoms with E-state index in [1.54, 1.807) is 29.2 Å². The molecule has 1 aromatic rings. The lowest BCUT2D eigenvalue weighted by Crippen LogP contribution is -2.37. The second kappa shape index (κ2) is 6.80. The number of carboxylic acids is 1. The lowest BCUT2D eigenvalue weighted by atomic mass is 10.1. The number of benzene rings is 1.